The number of hydrogen-bond acceptors (Lipinski definition) is 8. The largest absolute Gasteiger partial charge is 0.472 e. The Morgan fingerprint density at radius 2 is 1.86 bits per heavy atom. The number of nitriles is 3. The number of amides is 1. The van der Waals surface area contributed by atoms with Gasteiger partial charge < -0.3 is 9.64 Å². The van der Waals surface area contributed by atoms with Crippen LogP contribution < -0.4 is 4.74 Å². The molecule has 5 aromatic rings. The number of ether oxygens (including phenoxy) is 1. The van der Waals surface area contributed by atoms with Crippen molar-refractivity contribution in [2.24, 2.45) is 0 Å². The van der Waals surface area contributed by atoms with E-state index in [1.54, 1.807) is 41.4 Å². The molecule has 0 bridgehead atoms. The van der Waals surface area contributed by atoms with Gasteiger partial charge in [-0.3, -0.25) is 14.4 Å². The van der Waals surface area contributed by atoms with Crippen LogP contribution in [-0.2, 0) is 4.79 Å². The maximum atomic E-state index is 17.3. The van der Waals surface area contributed by atoms with Crippen LogP contribution in [0, 0.1) is 39.8 Å². The van der Waals surface area contributed by atoms with Gasteiger partial charge in [-0.2, -0.15) is 20.9 Å². The van der Waals surface area contributed by atoms with Crippen molar-refractivity contribution in [2.45, 2.75) is 70.2 Å². The molecule has 4 atom stereocenters. The SMILES string of the molecule is CC(=O)N1CC[C@H](n2ncc3c(O[C@@H](C)[C@@H]4CCCN4C)nc4c(F)c(-c5cccc6cccc(C#N)c56)c(C#N)cc4c32)C[C@H]1CC#N. The molecule has 2 saturated heterocycles. The van der Waals surface area contributed by atoms with E-state index in [0.29, 0.717) is 52.2 Å². The van der Waals surface area contributed by atoms with E-state index >= 15 is 4.39 Å². The highest BCUT2D eigenvalue weighted by atomic mass is 19.1. The lowest BCUT2D eigenvalue weighted by Gasteiger charge is -2.38. The standard InChI is InChI=1S/C38H35FN8O2/c1-22(32-11-6-15-45(32)3)49-38-31-21-43-47(28-13-16-46(23(2)48)27(18-28)12-14-40)37(31)30-17-26(20-42)34(35(39)36(30)44-38)29-10-5-8-24-7-4-9-25(19-41)33(24)29/h4-5,7-10,17,21-22,27-28,32H,6,11-13,15-16,18H2,1-3H3/t22-,27+,28-,32-/m0/s1. The zero-order valence-corrected chi connectivity index (χ0v) is 27.7. The Morgan fingerprint density at radius 3 is 2.55 bits per heavy atom. The van der Waals surface area contributed by atoms with E-state index in [4.69, 9.17) is 14.8 Å². The number of hydrogen-bond donors (Lipinski definition) is 0. The monoisotopic (exact) mass is 654 g/mol. The molecule has 2 aromatic heterocycles. The Kier molecular flexibility index (Phi) is 8.36. The Labute approximate surface area is 283 Å². The van der Waals surface area contributed by atoms with Gasteiger partial charge in [0.2, 0.25) is 11.8 Å². The Hall–Kier alpha value is -5.57. The molecule has 10 nitrogen and oxygen atoms in total. The van der Waals surface area contributed by atoms with Gasteiger partial charge in [-0.05, 0) is 69.3 Å². The van der Waals surface area contributed by atoms with E-state index in [1.165, 1.54) is 6.92 Å². The molecule has 2 fully saturated rings. The van der Waals surface area contributed by atoms with Gasteiger partial charge in [0.25, 0.3) is 0 Å². The minimum atomic E-state index is -0.687. The summed E-state index contributed by atoms with van der Waals surface area (Å²) in [6, 6.07) is 18.7. The molecule has 2 aliphatic rings. The van der Waals surface area contributed by atoms with Gasteiger partial charge in [-0.15, -0.1) is 0 Å². The topological polar surface area (TPSA) is 135 Å². The first-order valence-electron chi connectivity index (χ1n) is 16.6. The molecule has 246 valence electrons. The van der Waals surface area contributed by atoms with E-state index in [1.807, 2.05) is 23.7 Å². The summed E-state index contributed by atoms with van der Waals surface area (Å²) in [5.41, 5.74) is 1.60. The molecule has 2 aliphatic heterocycles. The lowest BCUT2D eigenvalue weighted by atomic mass is 9.90. The highest BCUT2D eigenvalue weighted by Gasteiger charge is 2.34. The van der Waals surface area contributed by atoms with E-state index < -0.39 is 5.82 Å². The van der Waals surface area contributed by atoms with E-state index in [9.17, 15) is 20.6 Å². The predicted molar refractivity (Wildman–Crippen MR) is 183 cm³/mol. The molecule has 0 N–H and O–H groups in total. The maximum absolute atomic E-state index is 17.3. The average molecular weight is 655 g/mol. The van der Waals surface area contributed by atoms with Crippen LogP contribution in [0.3, 0.4) is 0 Å². The molecular weight excluding hydrogens is 619 g/mol. The third-order valence-corrected chi connectivity index (χ3v) is 10.3. The molecule has 0 unspecified atom stereocenters. The minimum absolute atomic E-state index is 0.0337. The average Bonchev–Trinajstić information content (AvgIpc) is 3.75. The van der Waals surface area contributed by atoms with Crippen LogP contribution in [-0.4, -0.2) is 68.8 Å². The molecule has 7 rings (SSSR count). The van der Waals surface area contributed by atoms with Crippen LogP contribution in [0.5, 0.6) is 5.88 Å². The van der Waals surface area contributed by atoms with Crippen molar-refractivity contribution in [3.05, 3.63) is 65.6 Å². The van der Waals surface area contributed by atoms with E-state index in [2.05, 4.69) is 30.2 Å². The lowest BCUT2D eigenvalue weighted by molar-refractivity contribution is -0.132. The fourth-order valence-corrected chi connectivity index (χ4v) is 7.99. The second-order valence-corrected chi connectivity index (χ2v) is 13.1. The normalized spacial score (nSPS) is 20.3. The summed E-state index contributed by atoms with van der Waals surface area (Å²) in [4.78, 5) is 21.2. The number of aromatic nitrogens is 3. The third kappa shape index (κ3) is 5.39. The minimum Gasteiger partial charge on any atom is -0.472 e. The van der Waals surface area contributed by atoms with Gasteiger partial charge in [0.05, 0.1) is 58.9 Å². The van der Waals surface area contributed by atoms with Crippen LogP contribution in [0.15, 0.2) is 48.7 Å². The molecule has 0 spiro atoms. The van der Waals surface area contributed by atoms with Gasteiger partial charge in [-0.25, -0.2) is 9.37 Å². The molecule has 0 radical (unpaired) electrons. The Bertz CT molecular complexity index is 2260. The van der Waals surface area contributed by atoms with Crippen molar-refractivity contribution in [1.29, 1.82) is 15.8 Å². The summed E-state index contributed by atoms with van der Waals surface area (Å²) in [7, 11) is 2.07. The lowest BCUT2D eigenvalue weighted by Crippen LogP contribution is -2.45. The van der Waals surface area contributed by atoms with Crippen molar-refractivity contribution in [3.63, 3.8) is 0 Å². The number of halogens is 1. The van der Waals surface area contributed by atoms with Crippen molar-refractivity contribution in [3.8, 4) is 35.2 Å². The number of piperidine rings is 1. The first-order valence-corrected chi connectivity index (χ1v) is 16.6. The highest BCUT2D eigenvalue weighted by molar-refractivity contribution is 6.10. The summed E-state index contributed by atoms with van der Waals surface area (Å²) in [5.74, 6) is -0.517. The number of carbonyl (C=O) groups excluding carboxylic acids is 1. The van der Waals surface area contributed by atoms with Gasteiger partial charge in [-0.1, -0.05) is 30.3 Å². The number of likely N-dealkylation sites (N-methyl/N-ethyl adjacent to an activating group) is 1. The summed E-state index contributed by atoms with van der Waals surface area (Å²) in [6.45, 7) is 4.93. The number of benzene rings is 3. The summed E-state index contributed by atoms with van der Waals surface area (Å²) < 4.78 is 25.7. The van der Waals surface area contributed by atoms with Crippen molar-refractivity contribution in [1.82, 2.24) is 24.6 Å². The first-order chi connectivity index (χ1) is 23.7. The van der Waals surface area contributed by atoms with Crippen molar-refractivity contribution < 1.29 is 13.9 Å². The quantitative estimate of drug-likeness (QED) is 0.200. The van der Waals surface area contributed by atoms with Gasteiger partial charge in [0.1, 0.15) is 11.6 Å². The first kappa shape index (κ1) is 32.0. The van der Waals surface area contributed by atoms with Crippen molar-refractivity contribution >= 4 is 38.5 Å². The number of likely N-dealkylation sites (tertiary alicyclic amines) is 2. The van der Waals surface area contributed by atoms with Gasteiger partial charge >= 0.3 is 0 Å². The maximum Gasteiger partial charge on any atom is 0.225 e. The molecule has 0 aliphatic carbocycles. The summed E-state index contributed by atoms with van der Waals surface area (Å²) in [5, 5.41) is 37.1. The Morgan fingerprint density at radius 1 is 1.08 bits per heavy atom. The zero-order valence-electron chi connectivity index (χ0n) is 27.7. The summed E-state index contributed by atoms with van der Waals surface area (Å²) in [6.07, 6.45) is 4.72. The second-order valence-electron chi connectivity index (χ2n) is 13.1. The fourth-order valence-electron chi connectivity index (χ4n) is 7.99. The molecule has 1 amide bonds. The summed E-state index contributed by atoms with van der Waals surface area (Å²) >= 11 is 0. The zero-order chi connectivity index (χ0) is 34.4. The third-order valence-electron chi connectivity index (χ3n) is 10.3. The van der Waals surface area contributed by atoms with Crippen LogP contribution in [0.2, 0.25) is 0 Å². The second kappa shape index (κ2) is 12.8. The van der Waals surface area contributed by atoms with Crippen LogP contribution in [0.25, 0.3) is 43.7 Å². The molecule has 49 heavy (non-hydrogen) atoms. The number of pyridine rings is 1. The predicted octanol–water partition coefficient (Wildman–Crippen LogP) is 6.61. The molecule has 0 saturated carbocycles. The van der Waals surface area contributed by atoms with Gasteiger partial charge in [0.15, 0.2) is 5.82 Å². The molecule has 4 heterocycles. The fraction of sp³-hybridized carbons (Fsp3) is 0.368. The number of fused-ring (bicyclic) bond motifs is 4. The number of nitrogens with zero attached hydrogens (tertiary/aromatic N) is 8. The van der Waals surface area contributed by atoms with E-state index in [-0.39, 0.29) is 59.1 Å². The van der Waals surface area contributed by atoms with E-state index in [0.717, 1.165) is 24.8 Å². The number of rotatable bonds is 6. The highest BCUT2D eigenvalue weighted by Crippen LogP contribution is 2.42. The van der Waals surface area contributed by atoms with Crippen LogP contribution >= 0.6 is 0 Å². The van der Waals surface area contributed by atoms with Gasteiger partial charge in [0, 0.05) is 41.9 Å². The van der Waals surface area contributed by atoms with Crippen molar-refractivity contribution in [2.75, 3.05) is 20.1 Å². The molecule has 3 aromatic carbocycles. The molecule has 11 heteroatoms. The molecular formula is C38H35FN8O2. The van der Waals surface area contributed by atoms with Crippen LogP contribution in [0.4, 0.5) is 4.39 Å². The number of carbonyl (C=O) groups is 1. The Balaban J connectivity index is 1.47. The smallest absolute Gasteiger partial charge is 0.225 e. The van der Waals surface area contributed by atoms with Crippen LogP contribution in [0.1, 0.15) is 63.1 Å².